The van der Waals surface area contributed by atoms with Gasteiger partial charge in [0.05, 0.1) is 30.4 Å². The third kappa shape index (κ3) is 5.15. The number of nitrogens with one attached hydrogen (secondary N) is 1. The predicted octanol–water partition coefficient (Wildman–Crippen LogP) is 0.784. The molecule has 1 fully saturated rings. The first-order chi connectivity index (χ1) is 12.0. The summed E-state index contributed by atoms with van der Waals surface area (Å²) in [6, 6.07) is 4.50. The molecule has 1 aliphatic rings. The van der Waals surface area contributed by atoms with Crippen molar-refractivity contribution in [1.29, 1.82) is 0 Å². The summed E-state index contributed by atoms with van der Waals surface area (Å²) >= 11 is 0. The van der Waals surface area contributed by atoms with E-state index in [-0.39, 0.29) is 17.2 Å². The number of carbonyl (C=O) groups excluding carboxylic acids is 1. The van der Waals surface area contributed by atoms with Crippen molar-refractivity contribution in [2.45, 2.75) is 24.7 Å². The van der Waals surface area contributed by atoms with Crippen LogP contribution in [0.3, 0.4) is 0 Å². The molecule has 0 aliphatic carbocycles. The highest BCUT2D eigenvalue weighted by molar-refractivity contribution is 7.89. The zero-order valence-electron chi connectivity index (χ0n) is 14.4. The normalized spacial score (nSPS) is 15.8. The van der Waals surface area contributed by atoms with E-state index >= 15 is 0 Å². The van der Waals surface area contributed by atoms with Gasteiger partial charge in [0.15, 0.2) is 0 Å². The fourth-order valence-electron chi connectivity index (χ4n) is 2.46. The van der Waals surface area contributed by atoms with E-state index in [9.17, 15) is 13.2 Å². The predicted molar refractivity (Wildman–Crippen MR) is 94.1 cm³/mol. The van der Waals surface area contributed by atoms with Gasteiger partial charge in [-0.05, 0) is 38.1 Å². The van der Waals surface area contributed by atoms with E-state index in [1.807, 2.05) is 6.92 Å². The van der Waals surface area contributed by atoms with Gasteiger partial charge in [-0.1, -0.05) is 0 Å². The number of ether oxygens (including phenoxy) is 2. The van der Waals surface area contributed by atoms with Crippen LogP contribution in [0.15, 0.2) is 23.1 Å². The van der Waals surface area contributed by atoms with E-state index in [4.69, 9.17) is 15.2 Å². The Morgan fingerprint density at radius 1 is 1.36 bits per heavy atom. The van der Waals surface area contributed by atoms with Crippen molar-refractivity contribution >= 4 is 21.6 Å². The molecule has 1 saturated heterocycles. The standard InChI is InChI=1S/C16H25N3O5S/c1-2-24-15-6-5-13(12-14(15)18-16(20)4-3-7-17)25(21,22)19-8-10-23-11-9-19/h5-6,12H,2-4,7-11,17H2,1H3,(H,18,20). The van der Waals surface area contributed by atoms with Crippen LogP contribution in [0.1, 0.15) is 19.8 Å². The fraction of sp³-hybridized carbons (Fsp3) is 0.562. The summed E-state index contributed by atoms with van der Waals surface area (Å²) in [5, 5.41) is 2.72. The van der Waals surface area contributed by atoms with E-state index < -0.39 is 10.0 Å². The molecule has 3 N–H and O–H groups in total. The number of sulfonamides is 1. The summed E-state index contributed by atoms with van der Waals surface area (Å²) in [6.07, 6.45) is 0.823. The second-order valence-corrected chi connectivity index (χ2v) is 7.49. The molecule has 1 aromatic rings. The number of amides is 1. The van der Waals surface area contributed by atoms with E-state index in [1.165, 1.54) is 16.4 Å². The molecule has 1 heterocycles. The van der Waals surface area contributed by atoms with Crippen LogP contribution in [-0.4, -0.2) is 58.1 Å². The molecule has 9 heteroatoms. The number of hydrogen-bond donors (Lipinski definition) is 2. The van der Waals surface area contributed by atoms with Gasteiger partial charge in [-0.2, -0.15) is 4.31 Å². The van der Waals surface area contributed by atoms with Gasteiger partial charge in [0.1, 0.15) is 5.75 Å². The van der Waals surface area contributed by atoms with E-state index in [2.05, 4.69) is 5.32 Å². The quantitative estimate of drug-likeness (QED) is 0.699. The Balaban J connectivity index is 2.27. The monoisotopic (exact) mass is 371 g/mol. The molecule has 0 unspecified atom stereocenters. The Morgan fingerprint density at radius 3 is 2.72 bits per heavy atom. The summed E-state index contributed by atoms with van der Waals surface area (Å²) in [4.78, 5) is 12.1. The molecule has 1 aromatic carbocycles. The van der Waals surface area contributed by atoms with Crippen molar-refractivity contribution in [2.24, 2.45) is 5.73 Å². The molecular weight excluding hydrogens is 346 g/mol. The van der Waals surface area contributed by atoms with Gasteiger partial charge < -0.3 is 20.5 Å². The summed E-state index contributed by atoms with van der Waals surface area (Å²) in [7, 11) is -3.64. The topological polar surface area (TPSA) is 111 Å². The largest absolute Gasteiger partial charge is 0.492 e. The van der Waals surface area contributed by atoms with Crippen LogP contribution >= 0.6 is 0 Å². The maximum atomic E-state index is 12.8. The van der Waals surface area contributed by atoms with Gasteiger partial charge in [0.2, 0.25) is 15.9 Å². The highest BCUT2D eigenvalue weighted by Gasteiger charge is 2.27. The van der Waals surface area contributed by atoms with Crippen molar-refractivity contribution in [3.63, 3.8) is 0 Å². The average Bonchev–Trinajstić information content (AvgIpc) is 2.62. The van der Waals surface area contributed by atoms with E-state index in [0.29, 0.717) is 57.3 Å². The molecule has 0 radical (unpaired) electrons. The molecule has 0 saturated carbocycles. The molecule has 1 amide bonds. The van der Waals surface area contributed by atoms with Gasteiger partial charge in [0, 0.05) is 19.5 Å². The van der Waals surface area contributed by atoms with Crippen molar-refractivity contribution in [1.82, 2.24) is 4.31 Å². The average molecular weight is 371 g/mol. The zero-order chi connectivity index (χ0) is 18.3. The Bertz CT molecular complexity index is 687. The highest BCUT2D eigenvalue weighted by Crippen LogP contribution is 2.29. The number of nitrogens with two attached hydrogens (primary N) is 1. The van der Waals surface area contributed by atoms with Gasteiger partial charge in [-0.3, -0.25) is 4.79 Å². The third-order valence-corrected chi connectivity index (χ3v) is 5.64. The second-order valence-electron chi connectivity index (χ2n) is 5.55. The minimum absolute atomic E-state index is 0.118. The first-order valence-corrected chi connectivity index (χ1v) is 9.77. The molecule has 1 aliphatic heterocycles. The lowest BCUT2D eigenvalue weighted by Crippen LogP contribution is -2.40. The first-order valence-electron chi connectivity index (χ1n) is 8.33. The van der Waals surface area contributed by atoms with Crippen LogP contribution in [0, 0.1) is 0 Å². The van der Waals surface area contributed by atoms with Crippen LogP contribution < -0.4 is 15.8 Å². The van der Waals surface area contributed by atoms with Crippen LogP contribution in [-0.2, 0) is 19.6 Å². The molecule has 0 bridgehead atoms. The summed E-state index contributed by atoms with van der Waals surface area (Å²) in [5.41, 5.74) is 5.76. The first kappa shape index (κ1) is 19.6. The Labute approximate surface area is 148 Å². The van der Waals surface area contributed by atoms with Crippen LogP contribution in [0.4, 0.5) is 5.69 Å². The zero-order valence-corrected chi connectivity index (χ0v) is 15.2. The lowest BCUT2D eigenvalue weighted by Gasteiger charge is -2.26. The lowest BCUT2D eigenvalue weighted by atomic mass is 10.2. The molecule has 8 nitrogen and oxygen atoms in total. The Kier molecular flexibility index (Phi) is 7.18. The fourth-order valence-corrected chi connectivity index (χ4v) is 3.89. The maximum Gasteiger partial charge on any atom is 0.243 e. The van der Waals surface area contributed by atoms with Crippen molar-refractivity contribution in [3.8, 4) is 5.75 Å². The minimum Gasteiger partial charge on any atom is -0.492 e. The van der Waals surface area contributed by atoms with Gasteiger partial charge >= 0.3 is 0 Å². The smallest absolute Gasteiger partial charge is 0.243 e. The Morgan fingerprint density at radius 2 is 2.08 bits per heavy atom. The number of hydrogen-bond acceptors (Lipinski definition) is 6. The number of benzene rings is 1. The Hall–Kier alpha value is -1.68. The second kappa shape index (κ2) is 9.14. The molecule has 25 heavy (non-hydrogen) atoms. The molecular formula is C16H25N3O5S. The van der Waals surface area contributed by atoms with Crippen LogP contribution in [0.2, 0.25) is 0 Å². The van der Waals surface area contributed by atoms with Crippen molar-refractivity contribution < 1.29 is 22.7 Å². The van der Waals surface area contributed by atoms with Gasteiger partial charge in [0.25, 0.3) is 0 Å². The van der Waals surface area contributed by atoms with E-state index in [0.717, 1.165) is 0 Å². The lowest BCUT2D eigenvalue weighted by molar-refractivity contribution is -0.116. The SMILES string of the molecule is CCOc1ccc(S(=O)(=O)N2CCOCC2)cc1NC(=O)CCCN. The minimum atomic E-state index is -3.64. The number of anilines is 1. The van der Waals surface area contributed by atoms with E-state index in [1.54, 1.807) is 6.07 Å². The number of rotatable bonds is 8. The number of morpholine rings is 1. The third-order valence-electron chi connectivity index (χ3n) is 3.74. The summed E-state index contributed by atoms with van der Waals surface area (Å²) in [5.74, 6) is 0.205. The summed E-state index contributed by atoms with van der Waals surface area (Å²) < 4.78 is 37.6. The number of carbonyl (C=O) groups is 1. The van der Waals surface area contributed by atoms with Crippen LogP contribution in [0.25, 0.3) is 0 Å². The molecule has 140 valence electrons. The molecule has 0 spiro atoms. The highest BCUT2D eigenvalue weighted by atomic mass is 32.2. The molecule has 0 atom stereocenters. The number of nitrogens with zero attached hydrogens (tertiary/aromatic N) is 1. The van der Waals surface area contributed by atoms with Gasteiger partial charge in [-0.25, -0.2) is 8.42 Å². The molecule has 0 aromatic heterocycles. The van der Waals surface area contributed by atoms with Crippen LogP contribution in [0.5, 0.6) is 5.75 Å². The maximum absolute atomic E-state index is 12.8. The van der Waals surface area contributed by atoms with Crippen molar-refractivity contribution in [3.05, 3.63) is 18.2 Å². The summed E-state index contributed by atoms with van der Waals surface area (Å²) in [6.45, 7) is 4.01. The van der Waals surface area contributed by atoms with Crippen molar-refractivity contribution in [2.75, 3.05) is 44.8 Å². The molecule has 2 rings (SSSR count). The van der Waals surface area contributed by atoms with Gasteiger partial charge in [-0.15, -0.1) is 0 Å².